The summed E-state index contributed by atoms with van der Waals surface area (Å²) in [5.41, 5.74) is 4.59. The first-order chi connectivity index (χ1) is 17.2. The lowest BCUT2D eigenvalue weighted by molar-refractivity contribution is -0.130. The molecule has 182 valence electrons. The van der Waals surface area contributed by atoms with Crippen molar-refractivity contribution in [1.82, 2.24) is 39.5 Å². The molecule has 0 saturated carbocycles. The smallest absolute Gasteiger partial charge is 0.228 e. The Hall–Kier alpha value is -3.57. The van der Waals surface area contributed by atoms with Crippen LogP contribution in [0.15, 0.2) is 30.7 Å². The van der Waals surface area contributed by atoms with Gasteiger partial charge >= 0.3 is 0 Å². The van der Waals surface area contributed by atoms with Crippen LogP contribution in [-0.2, 0) is 16.1 Å². The second-order valence-corrected chi connectivity index (χ2v) is 9.06. The van der Waals surface area contributed by atoms with E-state index in [1.54, 1.807) is 13.3 Å². The third-order valence-electron chi connectivity index (χ3n) is 6.92. The van der Waals surface area contributed by atoms with Crippen LogP contribution in [-0.4, -0.2) is 104 Å². The zero-order chi connectivity index (χ0) is 23.8. The number of amides is 1. The van der Waals surface area contributed by atoms with Gasteiger partial charge in [0.1, 0.15) is 0 Å². The SMILES string of the molecule is CC(=O)N1CCN(CCn2ncc3c(-c4ccc5[nH]cnc5c4)nc(N4CCOCC4)nc32)CC1. The van der Waals surface area contributed by atoms with Gasteiger partial charge < -0.3 is 19.5 Å². The molecule has 0 atom stereocenters. The molecule has 0 spiro atoms. The number of aromatic nitrogens is 6. The van der Waals surface area contributed by atoms with E-state index in [4.69, 9.17) is 19.8 Å². The highest BCUT2D eigenvalue weighted by molar-refractivity contribution is 5.93. The molecule has 1 amide bonds. The van der Waals surface area contributed by atoms with Crippen molar-refractivity contribution < 1.29 is 9.53 Å². The van der Waals surface area contributed by atoms with Crippen molar-refractivity contribution in [3.63, 3.8) is 0 Å². The Bertz CT molecular complexity index is 1350. The van der Waals surface area contributed by atoms with Crippen LogP contribution in [0.5, 0.6) is 0 Å². The molecule has 2 saturated heterocycles. The second-order valence-electron chi connectivity index (χ2n) is 9.06. The number of fused-ring (bicyclic) bond motifs is 2. The topological polar surface area (TPSA) is 108 Å². The molecule has 2 aliphatic rings. The van der Waals surface area contributed by atoms with Crippen molar-refractivity contribution in [2.75, 3.05) is 63.9 Å². The molecule has 2 fully saturated rings. The second kappa shape index (κ2) is 9.23. The molecule has 0 radical (unpaired) electrons. The fourth-order valence-electron chi connectivity index (χ4n) is 4.83. The Morgan fingerprint density at radius 1 is 1.06 bits per heavy atom. The summed E-state index contributed by atoms with van der Waals surface area (Å²) in [6, 6.07) is 6.16. The van der Waals surface area contributed by atoms with Gasteiger partial charge in [0.2, 0.25) is 11.9 Å². The van der Waals surface area contributed by atoms with E-state index in [1.165, 1.54) is 0 Å². The first-order valence-electron chi connectivity index (χ1n) is 12.1. The minimum atomic E-state index is 0.149. The number of nitrogens with zero attached hydrogens (tertiary/aromatic N) is 8. The van der Waals surface area contributed by atoms with Gasteiger partial charge in [0.15, 0.2) is 5.65 Å². The van der Waals surface area contributed by atoms with Gasteiger partial charge in [-0.15, -0.1) is 0 Å². The molecule has 6 rings (SSSR count). The molecule has 4 aromatic rings. The fraction of sp³-hybridized carbons (Fsp3) is 0.458. The van der Waals surface area contributed by atoms with Gasteiger partial charge in [-0.1, -0.05) is 6.07 Å². The van der Waals surface area contributed by atoms with Gasteiger partial charge in [0.05, 0.1) is 54.4 Å². The van der Waals surface area contributed by atoms with Gasteiger partial charge in [0.25, 0.3) is 0 Å². The molecular formula is C24H29N9O2. The Balaban J connectivity index is 1.32. The molecule has 11 heteroatoms. The number of imidazole rings is 1. The first-order valence-corrected chi connectivity index (χ1v) is 12.1. The highest BCUT2D eigenvalue weighted by Crippen LogP contribution is 2.30. The minimum absolute atomic E-state index is 0.149. The van der Waals surface area contributed by atoms with E-state index in [2.05, 4.69) is 31.9 Å². The molecule has 3 aromatic heterocycles. The monoisotopic (exact) mass is 475 g/mol. The fourth-order valence-corrected chi connectivity index (χ4v) is 4.83. The highest BCUT2D eigenvalue weighted by atomic mass is 16.5. The van der Waals surface area contributed by atoms with Crippen molar-refractivity contribution in [3.8, 4) is 11.3 Å². The number of morpholine rings is 1. The lowest BCUT2D eigenvalue weighted by atomic mass is 10.1. The molecule has 35 heavy (non-hydrogen) atoms. The summed E-state index contributed by atoms with van der Waals surface area (Å²) in [4.78, 5) is 35.6. The number of aromatic amines is 1. The van der Waals surface area contributed by atoms with Crippen LogP contribution in [0.1, 0.15) is 6.92 Å². The number of H-pyrrole nitrogens is 1. The standard InChI is InChI=1S/C24H29N9O2/c1-17(34)31-7-4-30(5-8-31)6-9-33-23-19(15-27-33)22(18-2-3-20-21(14-18)26-16-25-20)28-24(29-23)32-10-12-35-13-11-32/h2-3,14-16H,4-13H2,1H3,(H,25,26). The van der Waals surface area contributed by atoms with Gasteiger partial charge in [-0.3, -0.25) is 9.69 Å². The highest BCUT2D eigenvalue weighted by Gasteiger charge is 2.22. The summed E-state index contributed by atoms with van der Waals surface area (Å²) in [6.07, 6.45) is 3.58. The number of hydrogen-bond donors (Lipinski definition) is 1. The summed E-state index contributed by atoms with van der Waals surface area (Å²) in [5, 5.41) is 5.63. The van der Waals surface area contributed by atoms with E-state index in [0.29, 0.717) is 19.2 Å². The predicted molar refractivity (Wildman–Crippen MR) is 132 cm³/mol. The molecule has 5 heterocycles. The van der Waals surface area contributed by atoms with E-state index in [9.17, 15) is 4.79 Å². The van der Waals surface area contributed by atoms with Crippen molar-refractivity contribution in [2.45, 2.75) is 13.5 Å². The lowest BCUT2D eigenvalue weighted by Crippen LogP contribution is -2.48. The average Bonchev–Trinajstić information content (AvgIpc) is 3.54. The van der Waals surface area contributed by atoms with Crippen LogP contribution in [0.25, 0.3) is 33.3 Å². The quantitative estimate of drug-likeness (QED) is 0.461. The van der Waals surface area contributed by atoms with Crippen molar-refractivity contribution in [1.29, 1.82) is 0 Å². The zero-order valence-electron chi connectivity index (χ0n) is 19.9. The van der Waals surface area contributed by atoms with E-state index in [1.807, 2.05) is 21.8 Å². The maximum Gasteiger partial charge on any atom is 0.228 e. The molecule has 0 unspecified atom stereocenters. The number of nitrogens with one attached hydrogen (secondary N) is 1. The van der Waals surface area contributed by atoms with Crippen LogP contribution >= 0.6 is 0 Å². The number of piperazine rings is 1. The number of hydrogen-bond acceptors (Lipinski definition) is 8. The van der Waals surface area contributed by atoms with Gasteiger partial charge in [-0.2, -0.15) is 10.1 Å². The van der Waals surface area contributed by atoms with E-state index in [0.717, 1.165) is 85.7 Å². The molecule has 1 aromatic carbocycles. The molecule has 11 nitrogen and oxygen atoms in total. The Morgan fingerprint density at radius 2 is 1.89 bits per heavy atom. The lowest BCUT2D eigenvalue weighted by Gasteiger charge is -2.34. The van der Waals surface area contributed by atoms with Crippen LogP contribution in [0.2, 0.25) is 0 Å². The average molecular weight is 476 g/mol. The summed E-state index contributed by atoms with van der Waals surface area (Å²) in [6.45, 7) is 9.38. The molecule has 2 aliphatic heterocycles. The number of rotatable bonds is 5. The Labute approximate surface area is 202 Å². The summed E-state index contributed by atoms with van der Waals surface area (Å²) in [5.74, 6) is 0.852. The molecular weight excluding hydrogens is 446 g/mol. The minimum Gasteiger partial charge on any atom is -0.378 e. The first kappa shape index (κ1) is 21.9. The van der Waals surface area contributed by atoms with Crippen LogP contribution in [0.3, 0.4) is 0 Å². The third-order valence-corrected chi connectivity index (χ3v) is 6.92. The number of carbonyl (C=O) groups is 1. The van der Waals surface area contributed by atoms with Gasteiger partial charge in [-0.05, 0) is 12.1 Å². The predicted octanol–water partition coefficient (Wildman–Crippen LogP) is 1.37. The van der Waals surface area contributed by atoms with Crippen molar-refractivity contribution >= 4 is 33.9 Å². The number of ether oxygens (including phenoxy) is 1. The van der Waals surface area contributed by atoms with E-state index in [-0.39, 0.29) is 5.91 Å². The van der Waals surface area contributed by atoms with Crippen molar-refractivity contribution in [2.24, 2.45) is 0 Å². The van der Waals surface area contributed by atoms with Crippen molar-refractivity contribution in [3.05, 3.63) is 30.7 Å². The van der Waals surface area contributed by atoms with E-state index >= 15 is 0 Å². The van der Waals surface area contributed by atoms with E-state index < -0.39 is 0 Å². The Kier molecular flexibility index (Phi) is 5.78. The van der Waals surface area contributed by atoms with Crippen LogP contribution < -0.4 is 4.90 Å². The maximum atomic E-state index is 11.6. The molecule has 0 aliphatic carbocycles. The molecule has 0 bridgehead atoms. The third kappa shape index (κ3) is 4.32. The molecule has 1 N–H and O–H groups in total. The van der Waals surface area contributed by atoms with Crippen LogP contribution in [0, 0.1) is 0 Å². The Morgan fingerprint density at radius 3 is 2.69 bits per heavy atom. The maximum absolute atomic E-state index is 11.6. The normalized spacial score (nSPS) is 17.5. The number of anilines is 1. The summed E-state index contributed by atoms with van der Waals surface area (Å²) in [7, 11) is 0. The van der Waals surface area contributed by atoms with Crippen LogP contribution in [0.4, 0.5) is 5.95 Å². The number of benzene rings is 1. The van der Waals surface area contributed by atoms with Gasteiger partial charge in [0, 0.05) is 58.3 Å². The largest absolute Gasteiger partial charge is 0.378 e. The summed E-state index contributed by atoms with van der Waals surface area (Å²) >= 11 is 0. The van der Waals surface area contributed by atoms with Gasteiger partial charge in [-0.25, -0.2) is 14.6 Å². The zero-order valence-corrected chi connectivity index (χ0v) is 19.9. The summed E-state index contributed by atoms with van der Waals surface area (Å²) < 4.78 is 7.52. The number of carbonyl (C=O) groups excluding carboxylic acids is 1.